The molecular formula is C16H11N7O2. The van der Waals surface area contributed by atoms with Crippen LogP contribution >= 0.6 is 0 Å². The van der Waals surface area contributed by atoms with Crippen LogP contribution in [-0.4, -0.2) is 35.9 Å². The zero-order valence-corrected chi connectivity index (χ0v) is 12.7. The monoisotopic (exact) mass is 333 g/mol. The minimum absolute atomic E-state index is 0.128. The molecule has 3 heterocycles. The number of nitrogens with zero attached hydrogens (tertiary/aromatic N) is 5. The summed E-state index contributed by atoms with van der Waals surface area (Å²) in [4.78, 5) is 23.0. The van der Waals surface area contributed by atoms with Gasteiger partial charge in [-0.25, -0.2) is 5.10 Å². The average molecular weight is 333 g/mol. The van der Waals surface area contributed by atoms with Gasteiger partial charge in [-0.1, -0.05) is 12.1 Å². The second-order valence-electron chi connectivity index (χ2n) is 5.19. The van der Waals surface area contributed by atoms with Crippen molar-refractivity contribution in [3.05, 3.63) is 70.9 Å². The SMILES string of the molecule is O=C(Nc1ccc(-c2ccc3nncn3n2)cc1)c1ccc(=O)[nH]n1. The van der Waals surface area contributed by atoms with E-state index in [4.69, 9.17) is 0 Å². The minimum atomic E-state index is -0.409. The molecule has 0 spiro atoms. The fraction of sp³-hybridized carbons (Fsp3) is 0. The lowest BCUT2D eigenvalue weighted by Gasteiger charge is -2.06. The Bertz CT molecular complexity index is 1090. The van der Waals surface area contributed by atoms with Gasteiger partial charge in [0.1, 0.15) is 12.0 Å². The molecule has 0 aliphatic heterocycles. The van der Waals surface area contributed by atoms with Crippen LogP contribution in [0, 0.1) is 0 Å². The number of fused-ring (bicyclic) bond motifs is 1. The van der Waals surface area contributed by atoms with E-state index in [1.165, 1.54) is 18.5 Å². The van der Waals surface area contributed by atoms with Gasteiger partial charge in [0.05, 0.1) is 5.69 Å². The Hall–Kier alpha value is -3.88. The van der Waals surface area contributed by atoms with Gasteiger partial charge >= 0.3 is 0 Å². The molecule has 2 N–H and O–H groups in total. The quantitative estimate of drug-likeness (QED) is 0.580. The predicted molar refractivity (Wildman–Crippen MR) is 89.0 cm³/mol. The Kier molecular flexibility index (Phi) is 3.51. The fourth-order valence-electron chi connectivity index (χ4n) is 2.27. The zero-order chi connectivity index (χ0) is 17.2. The molecular weight excluding hydrogens is 322 g/mol. The molecule has 0 saturated heterocycles. The standard InChI is InChI=1S/C16H11N7O2/c24-15-8-6-13(19-21-15)16(25)18-11-3-1-10(2-4-11)12-5-7-14-20-17-9-23(14)22-12/h1-9H,(H,18,25)(H,21,24). The molecule has 9 nitrogen and oxygen atoms in total. The van der Waals surface area contributed by atoms with Gasteiger partial charge in [-0.3, -0.25) is 9.59 Å². The molecule has 0 aliphatic rings. The largest absolute Gasteiger partial charge is 0.321 e. The molecule has 122 valence electrons. The third-order valence-corrected chi connectivity index (χ3v) is 3.51. The summed E-state index contributed by atoms with van der Waals surface area (Å²) in [5.74, 6) is -0.409. The van der Waals surface area contributed by atoms with Gasteiger partial charge < -0.3 is 5.32 Å². The van der Waals surface area contributed by atoms with E-state index in [1.807, 2.05) is 24.3 Å². The number of rotatable bonds is 3. The number of carbonyl (C=O) groups is 1. The van der Waals surface area contributed by atoms with Crippen LogP contribution in [0.4, 0.5) is 5.69 Å². The third kappa shape index (κ3) is 2.98. The Morgan fingerprint density at radius 1 is 1.04 bits per heavy atom. The highest BCUT2D eigenvalue weighted by Gasteiger charge is 2.08. The maximum atomic E-state index is 12.1. The van der Waals surface area contributed by atoms with Crippen molar-refractivity contribution in [2.75, 3.05) is 5.32 Å². The van der Waals surface area contributed by atoms with Crippen LogP contribution in [0.5, 0.6) is 0 Å². The smallest absolute Gasteiger partial charge is 0.276 e. The lowest BCUT2D eigenvalue weighted by atomic mass is 10.1. The van der Waals surface area contributed by atoms with Crippen LogP contribution in [0.3, 0.4) is 0 Å². The van der Waals surface area contributed by atoms with E-state index in [-0.39, 0.29) is 11.3 Å². The van der Waals surface area contributed by atoms with E-state index < -0.39 is 5.91 Å². The molecule has 1 aromatic carbocycles. The summed E-state index contributed by atoms with van der Waals surface area (Å²) in [7, 11) is 0. The van der Waals surface area contributed by atoms with E-state index >= 15 is 0 Å². The first kappa shape index (κ1) is 14.7. The molecule has 4 rings (SSSR count). The average Bonchev–Trinajstić information content (AvgIpc) is 3.10. The first-order chi connectivity index (χ1) is 12.2. The Balaban J connectivity index is 1.54. The van der Waals surface area contributed by atoms with Crippen LogP contribution in [0.2, 0.25) is 0 Å². The van der Waals surface area contributed by atoms with Crippen molar-refractivity contribution in [3.63, 3.8) is 0 Å². The van der Waals surface area contributed by atoms with Crippen molar-refractivity contribution >= 4 is 17.2 Å². The predicted octanol–water partition coefficient (Wildman–Crippen LogP) is 1.13. The molecule has 0 unspecified atom stereocenters. The van der Waals surface area contributed by atoms with Gasteiger partial charge in [-0.15, -0.1) is 10.2 Å². The highest BCUT2D eigenvalue weighted by molar-refractivity contribution is 6.02. The molecule has 4 aromatic rings. The maximum Gasteiger partial charge on any atom is 0.276 e. The molecule has 0 atom stereocenters. The van der Waals surface area contributed by atoms with Crippen LogP contribution in [0.25, 0.3) is 16.9 Å². The lowest BCUT2D eigenvalue weighted by Crippen LogP contribution is -2.17. The molecule has 0 fully saturated rings. The number of carbonyl (C=O) groups excluding carboxylic acids is 1. The van der Waals surface area contributed by atoms with Crippen LogP contribution in [0.1, 0.15) is 10.5 Å². The number of hydrogen-bond donors (Lipinski definition) is 2. The normalized spacial score (nSPS) is 10.7. The number of anilines is 1. The van der Waals surface area contributed by atoms with E-state index in [2.05, 4.69) is 30.8 Å². The van der Waals surface area contributed by atoms with Crippen molar-refractivity contribution < 1.29 is 4.79 Å². The summed E-state index contributed by atoms with van der Waals surface area (Å²) in [6.45, 7) is 0. The maximum absolute atomic E-state index is 12.1. The molecule has 0 radical (unpaired) electrons. The molecule has 25 heavy (non-hydrogen) atoms. The summed E-state index contributed by atoms with van der Waals surface area (Å²) in [5.41, 5.74) is 2.68. The Labute approximate surface area is 140 Å². The van der Waals surface area contributed by atoms with Gasteiger partial charge in [-0.05, 0) is 30.3 Å². The highest BCUT2D eigenvalue weighted by atomic mass is 16.2. The van der Waals surface area contributed by atoms with Crippen LogP contribution in [0.15, 0.2) is 59.7 Å². The summed E-state index contributed by atoms with van der Waals surface area (Å²) >= 11 is 0. The summed E-state index contributed by atoms with van der Waals surface area (Å²) < 4.78 is 1.59. The van der Waals surface area contributed by atoms with Crippen molar-refractivity contribution in [3.8, 4) is 11.3 Å². The van der Waals surface area contributed by atoms with Crippen molar-refractivity contribution in [1.29, 1.82) is 0 Å². The Morgan fingerprint density at radius 2 is 1.88 bits per heavy atom. The van der Waals surface area contributed by atoms with Gasteiger partial charge in [0, 0.05) is 17.3 Å². The molecule has 0 bridgehead atoms. The second-order valence-corrected chi connectivity index (χ2v) is 5.19. The Morgan fingerprint density at radius 3 is 2.64 bits per heavy atom. The first-order valence-electron chi connectivity index (χ1n) is 7.34. The highest BCUT2D eigenvalue weighted by Crippen LogP contribution is 2.19. The summed E-state index contributed by atoms with van der Waals surface area (Å²) in [6, 6.07) is 13.5. The number of benzene rings is 1. The number of hydrogen-bond acceptors (Lipinski definition) is 6. The van der Waals surface area contributed by atoms with Gasteiger partial charge in [0.25, 0.3) is 11.5 Å². The van der Waals surface area contributed by atoms with Gasteiger partial charge in [0.15, 0.2) is 5.65 Å². The van der Waals surface area contributed by atoms with Gasteiger partial charge in [0.2, 0.25) is 0 Å². The van der Waals surface area contributed by atoms with Crippen LogP contribution < -0.4 is 10.9 Å². The van der Waals surface area contributed by atoms with Gasteiger partial charge in [-0.2, -0.15) is 14.7 Å². The second kappa shape index (κ2) is 5.96. The number of H-pyrrole nitrogens is 1. The molecule has 0 saturated carbocycles. The van der Waals surface area contributed by atoms with E-state index in [0.717, 1.165) is 11.3 Å². The van der Waals surface area contributed by atoms with E-state index in [1.54, 1.807) is 16.6 Å². The summed E-state index contributed by atoms with van der Waals surface area (Å²) in [6.07, 6.45) is 1.53. The first-order valence-corrected chi connectivity index (χ1v) is 7.34. The molecule has 1 amide bonds. The third-order valence-electron chi connectivity index (χ3n) is 3.51. The number of amides is 1. The molecule has 3 aromatic heterocycles. The van der Waals surface area contributed by atoms with Crippen molar-refractivity contribution in [1.82, 2.24) is 30.0 Å². The lowest BCUT2D eigenvalue weighted by molar-refractivity contribution is 0.102. The summed E-state index contributed by atoms with van der Waals surface area (Å²) in [5, 5.41) is 20.7. The molecule has 9 heteroatoms. The van der Waals surface area contributed by atoms with E-state index in [0.29, 0.717) is 11.3 Å². The van der Waals surface area contributed by atoms with E-state index in [9.17, 15) is 9.59 Å². The van der Waals surface area contributed by atoms with Crippen molar-refractivity contribution in [2.45, 2.75) is 0 Å². The number of nitrogens with one attached hydrogen (secondary N) is 2. The van der Waals surface area contributed by atoms with Crippen LogP contribution in [-0.2, 0) is 0 Å². The topological polar surface area (TPSA) is 118 Å². The minimum Gasteiger partial charge on any atom is -0.321 e. The number of aromatic nitrogens is 6. The fourth-order valence-corrected chi connectivity index (χ4v) is 2.27. The van der Waals surface area contributed by atoms with Crippen molar-refractivity contribution in [2.24, 2.45) is 0 Å². The zero-order valence-electron chi connectivity index (χ0n) is 12.7. The molecule has 0 aliphatic carbocycles. The number of aromatic amines is 1.